The normalized spacial score (nSPS) is 9.67. The van der Waals surface area contributed by atoms with E-state index in [-0.39, 0.29) is 6.03 Å². The van der Waals surface area contributed by atoms with Crippen molar-refractivity contribution < 1.29 is 4.79 Å². The van der Waals surface area contributed by atoms with E-state index in [4.69, 9.17) is 0 Å². The predicted octanol–water partition coefficient (Wildman–Crippen LogP) is 1.79. The number of nitrogens with zero attached hydrogens (tertiary/aromatic N) is 2. The summed E-state index contributed by atoms with van der Waals surface area (Å²) in [7, 11) is 1.83. The van der Waals surface area contributed by atoms with Gasteiger partial charge in [-0.05, 0) is 20.3 Å². The highest BCUT2D eigenvalue weighted by atomic mass is 16.2. The summed E-state index contributed by atoms with van der Waals surface area (Å²) >= 11 is 0. The highest BCUT2D eigenvalue weighted by Gasteiger charge is 2.13. The van der Waals surface area contributed by atoms with E-state index in [0.29, 0.717) is 0 Å². The van der Waals surface area contributed by atoms with Crippen LogP contribution in [-0.4, -0.2) is 42.5 Å². The first-order valence-corrected chi connectivity index (χ1v) is 4.67. The molecule has 3 heteroatoms. The van der Waals surface area contributed by atoms with E-state index in [0.717, 1.165) is 26.1 Å². The van der Waals surface area contributed by atoms with Crippen molar-refractivity contribution >= 4 is 6.03 Å². The number of urea groups is 1. The number of carbonyl (C=O) groups excluding carboxylic acids is 1. The quantitative estimate of drug-likeness (QED) is 0.634. The number of rotatable bonds is 4. The predicted molar refractivity (Wildman–Crippen MR) is 51.2 cm³/mol. The standard InChI is InChI=1S/C9H20N2O/c1-5-8-11(7-3)9(12)10(4)6-2/h5-8H2,1-4H3. The minimum Gasteiger partial charge on any atom is -0.328 e. The van der Waals surface area contributed by atoms with E-state index in [9.17, 15) is 4.79 Å². The van der Waals surface area contributed by atoms with Gasteiger partial charge in [0.15, 0.2) is 0 Å². The van der Waals surface area contributed by atoms with Crippen molar-refractivity contribution in [3.05, 3.63) is 0 Å². The maximum atomic E-state index is 11.5. The zero-order chi connectivity index (χ0) is 9.56. The van der Waals surface area contributed by atoms with Crippen molar-refractivity contribution in [3.63, 3.8) is 0 Å². The summed E-state index contributed by atoms with van der Waals surface area (Å²) in [6.45, 7) is 8.52. The summed E-state index contributed by atoms with van der Waals surface area (Å²) in [6.07, 6.45) is 1.02. The largest absolute Gasteiger partial charge is 0.328 e. The van der Waals surface area contributed by atoms with Crippen LogP contribution in [0.1, 0.15) is 27.2 Å². The minimum atomic E-state index is 0.141. The first-order chi connectivity index (χ1) is 5.67. The Bertz CT molecular complexity index is 136. The van der Waals surface area contributed by atoms with E-state index in [2.05, 4.69) is 6.92 Å². The second kappa shape index (κ2) is 5.86. The Kier molecular flexibility index (Phi) is 5.51. The molecule has 0 aliphatic rings. The second-order valence-corrected chi connectivity index (χ2v) is 2.88. The van der Waals surface area contributed by atoms with Crippen molar-refractivity contribution in [1.82, 2.24) is 9.80 Å². The zero-order valence-electron chi connectivity index (χ0n) is 8.63. The van der Waals surface area contributed by atoms with Crippen LogP contribution in [-0.2, 0) is 0 Å². The molecule has 72 valence electrons. The van der Waals surface area contributed by atoms with Gasteiger partial charge in [-0.25, -0.2) is 4.79 Å². The van der Waals surface area contributed by atoms with Crippen molar-refractivity contribution in [2.45, 2.75) is 27.2 Å². The molecule has 0 N–H and O–H groups in total. The average Bonchev–Trinajstić information content (AvgIpc) is 2.11. The van der Waals surface area contributed by atoms with Gasteiger partial charge in [0, 0.05) is 26.7 Å². The molecule has 0 spiro atoms. The van der Waals surface area contributed by atoms with Crippen LogP contribution in [0.15, 0.2) is 0 Å². The van der Waals surface area contributed by atoms with Crippen LogP contribution in [0.5, 0.6) is 0 Å². The Balaban J connectivity index is 4.01. The molecular formula is C9H20N2O. The smallest absolute Gasteiger partial charge is 0.319 e. The van der Waals surface area contributed by atoms with Gasteiger partial charge in [-0.1, -0.05) is 6.92 Å². The molecule has 0 aliphatic heterocycles. The third-order valence-corrected chi connectivity index (χ3v) is 1.95. The van der Waals surface area contributed by atoms with Gasteiger partial charge in [0.2, 0.25) is 0 Å². The van der Waals surface area contributed by atoms with Crippen LogP contribution in [0.2, 0.25) is 0 Å². The second-order valence-electron chi connectivity index (χ2n) is 2.88. The van der Waals surface area contributed by atoms with Crippen LogP contribution in [0.3, 0.4) is 0 Å². The Labute approximate surface area is 75.3 Å². The summed E-state index contributed by atoms with van der Waals surface area (Å²) in [5, 5.41) is 0. The number of amides is 2. The van der Waals surface area contributed by atoms with Crippen LogP contribution in [0.4, 0.5) is 4.79 Å². The Morgan fingerprint density at radius 3 is 2.08 bits per heavy atom. The van der Waals surface area contributed by atoms with E-state index in [1.807, 2.05) is 25.8 Å². The molecule has 0 aliphatic carbocycles. The van der Waals surface area contributed by atoms with Crippen LogP contribution < -0.4 is 0 Å². The molecule has 0 aromatic heterocycles. The van der Waals surface area contributed by atoms with Gasteiger partial charge in [0.1, 0.15) is 0 Å². The Morgan fingerprint density at radius 1 is 1.17 bits per heavy atom. The van der Waals surface area contributed by atoms with Crippen molar-refractivity contribution in [2.24, 2.45) is 0 Å². The first-order valence-electron chi connectivity index (χ1n) is 4.67. The Morgan fingerprint density at radius 2 is 1.75 bits per heavy atom. The van der Waals surface area contributed by atoms with Gasteiger partial charge in [0.25, 0.3) is 0 Å². The molecular weight excluding hydrogens is 152 g/mol. The van der Waals surface area contributed by atoms with E-state index in [1.54, 1.807) is 4.90 Å². The van der Waals surface area contributed by atoms with E-state index < -0.39 is 0 Å². The topological polar surface area (TPSA) is 23.6 Å². The molecule has 0 heterocycles. The lowest BCUT2D eigenvalue weighted by molar-refractivity contribution is 0.167. The molecule has 3 nitrogen and oxygen atoms in total. The van der Waals surface area contributed by atoms with Crippen LogP contribution in [0.25, 0.3) is 0 Å². The molecule has 0 atom stereocenters. The van der Waals surface area contributed by atoms with Crippen molar-refractivity contribution in [1.29, 1.82) is 0 Å². The average molecular weight is 172 g/mol. The molecule has 0 bridgehead atoms. The molecule has 12 heavy (non-hydrogen) atoms. The highest BCUT2D eigenvalue weighted by Crippen LogP contribution is 1.97. The zero-order valence-corrected chi connectivity index (χ0v) is 8.63. The van der Waals surface area contributed by atoms with E-state index >= 15 is 0 Å². The SMILES string of the molecule is CCCN(CC)C(=O)N(C)CC. The Hall–Kier alpha value is -0.730. The first kappa shape index (κ1) is 11.3. The van der Waals surface area contributed by atoms with Gasteiger partial charge in [-0.2, -0.15) is 0 Å². The summed E-state index contributed by atoms with van der Waals surface area (Å²) < 4.78 is 0. The monoisotopic (exact) mass is 172 g/mol. The lowest BCUT2D eigenvalue weighted by Crippen LogP contribution is -2.41. The van der Waals surface area contributed by atoms with Gasteiger partial charge >= 0.3 is 6.03 Å². The fourth-order valence-corrected chi connectivity index (χ4v) is 1.04. The maximum Gasteiger partial charge on any atom is 0.319 e. The third-order valence-electron chi connectivity index (χ3n) is 1.95. The van der Waals surface area contributed by atoms with Crippen LogP contribution >= 0.6 is 0 Å². The van der Waals surface area contributed by atoms with Crippen molar-refractivity contribution in [2.75, 3.05) is 26.7 Å². The maximum absolute atomic E-state index is 11.5. The summed E-state index contributed by atoms with van der Waals surface area (Å²) in [5.74, 6) is 0. The molecule has 0 rings (SSSR count). The fourth-order valence-electron chi connectivity index (χ4n) is 1.04. The summed E-state index contributed by atoms with van der Waals surface area (Å²) in [4.78, 5) is 15.1. The molecule has 0 fully saturated rings. The molecule has 0 aromatic rings. The third kappa shape index (κ3) is 3.11. The van der Waals surface area contributed by atoms with Gasteiger partial charge < -0.3 is 9.80 Å². The highest BCUT2D eigenvalue weighted by molar-refractivity contribution is 5.73. The molecule has 0 aromatic carbocycles. The number of carbonyl (C=O) groups is 1. The van der Waals surface area contributed by atoms with Gasteiger partial charge in [-0.3, -0.25) is 0 Å². The molecule has 0 radical (unpaired) electrons. The van der Waals surface area contributed by atoms with E-state index in [1.165, 1.54) is 0 Å². The number of hydrogen-bond donors (Lipinski definition) is 0. The molecule has 2 amide bonds. The van der Waals surface area contributed by atoms with Gasteiger partial charge in [0.05, 0.1) is 0 Å². The summed E-state index contributed by atoms with van der Waals surface area (Å²) in [6, 6.07) is 0.141. The minimum absolute atomic E-state index is 0.141. The van der Waals surface area contributed by atoms with Crippen LogP contribution in [0, 0.1) is 0 Å². The summed E-state index contributed by atoms with van der Waals surface area (Å²) in [5.41, 5.74) is 0. The fraction of sp³-hybridized carbons (Fsp3) is 0.889. The number of hydrogen-bond acceptors (Lipinski definition) is 1. The molecule has 0 unspecified atom stereocenters. The van der Waals surface area contributed by atoms with Crippen molar-refractivity contribution in [3.8, 4) is 0 Å². The lowest BCUT2D eigenvalue weighted by Gasteiger charge is -2.25. The molecule has 0 saturated heterocycles. The van der Waals surface area contributed by atoms with Gasteiger partial charge in [-0.15, -0.1) is 0 Å². The molecule has 0 saturated carbocycles. The lowest BCUT2D eigenvalue weighted by atomic mass is 10.4.